The SMILES string of the molecule is CC#C[O][Al-]([O]C#CC)[O]C(C)=CC(=[OH+])OCC.CC#C[O][Al]([O]CCC)[O]CCC.CCOC(=O)CC(C)=O. The number of carbonyl (C=O) groups is 2. The van der Waals surface area contributed by atoms with Crippen LogP contribution < -0.4 is 0 Å². The molecule has 0 unspecified atom stereocenters. The van der Waals surface area contributed by atoms with Gasteiger partial charge in [0, 0.05) is 52.0 Å². The molecule has 40 heavy (non-hydrogen) atoms. The van der Waals surface area contributed by atoms with Crippen LogP contribution in [0.15, 0.2) is 11.8 Å². The van der Waals surface area contributed by atoms with E-state index in [4.69, 9.17) is 27.5 Å². The van der Waals surface area contributed by atoms with E-state index in [1.54, 1.807) is 41.5 Å². The van der Waals surface area contributed by atoms with E-state index < -0.39 is 36.3 Å². The molecule has 0 aliphatic carbocycles. The summed E-state index contributed by atoms with van der Waals surface area (Å²) in [6, 6.07) is 0. The third-order valence-corrected chi connectivity index (χ3v) is 5.80. The van der Waals surface area contributed by atoms with Gasteiger partial charge >= 0.3 is 42.2 Å². The van der Waals surface area contributed by atoms with Crippen LogP contribution in [-0.4, -0.2) is 79.2 Å². The van der Waals surface area contributed by atoms with Crippen molar-refractivity contribution in [1.29, 1.82) is 0 Å². The summed E-state index contributed by atoms with van der Waals surface area (Å²) in [6.07, 6.45) is 10.5. The van der Waals surface area contributed by atoms with Crippen LogP contribution in [0.4, 0.5) is 0 Å². The minimum atomic E-state index is -2.50. The van der Waals surface area contributed by atoms with Crippen molar-refractivity contribution >= 4 is 48.0 Å². The van der Waals surface area contributed by atoms with Gasteiger partial charge in [-0.05, 0) is 40.5 Å². The molecule has 0 spiro atoms. The summed E-state index contributed by atoms with van der Waals surface area (Å²) >= 11 is -4.46. The molecule has 0 aliphatic heterocycles. The highest BCUT2D eigenvalue weighted by atomic mass is 27.3. The Morgan fingerprint density at radius 2 is 1.32 bits per heavy atom. The third-order valence-electron chi connectivity index (χ3n) is 3.29. The Hall–Kier alpha value is -2.79. The second kappa shape index (κ2) is 32.4. The Morgan fingerprint density at radius 3 is 1.73 bits per heavy atom. The lowest BCUT2D eigenvalue weighted by Crippen LogP contribution is -2.26. The fourth-order valence-electron chi connectivity index (χ4n) is 1.90. The number of ether oxygens (including phenoxy) is 2. The van der Waals surface area contributed by atoms with E-state index in [-0.39, 0.29) is 18.2 Å². The van der Waals surface area contributed by atoms with Gasteiger partial charge in [0.05, 0.1) is 12.7 Å². The van der Waals surface area contributed by atoms with Gasteiger partial charge in [-0.1, -0.05) is 31.6 Å². The first kappa shape index (κ1) is 41.7. The van der Waals surface area contributed by atoms with Crippen LogP contribution in [0.2, 0.25) is 0 Å². The zero-order chi connectivity index (χ0) is 31.0. The second-order valence-corrected chi connectivity index (χ2v) is 9.82. The molecular formula is C27H43Al2O11. The number of allylic oxidation sites excluding steroid dienone is 1. The average Bonchev–Trinajstić information content (AvgIpc) is 2.90. The zero-order valence-corrected chi connectivity index (χ0v) is 27.5. The van der Waals surface area contributed by atoms with Gasteiger partial charge in [-0.15, -0.1) is 0 Å². The lowest BCUT2D eigenvalue weighted by Gasteiger charge is -2.24. The number of carbonyl (C=O) groups excluding carboxylic acids is 3. The van der Waals surface area contributed by atoms with Crippen molar-refractivity contribution in [2.75, 3.05) is 26.4 Å². The molecule has 0 amide bonds. The maximum atomic E-state index is 10.4. The molecule has 0 fully saturated rings. The van der Waals surface area contributed by atoms with Gasteiger partial charge in [0.15, 0.2) is 6.61 Å². The van der Waals surface area contributed by atoms with Gasteiger partial charge in [0.2, 0.25) is 0 Å². The predicted molar refractivity (Wildman–Crippen MR) is 153 cm³/mol. The van der Waals surface area contributed by atoms with E-state index in [2.05, 4.69) is 54.7 Å². The maximum absolute atomic E-state index is 10.4. The molecule has 0 aromatic rings. The standard InChI is InChI=1S/2C6H10O3.2C3H7O.3C3H4O.2Al/c2*1-3-9-6(8)4-5(2)7;5*1-2-3-4;;/h3-4H2,1-2H3;4,7H,3H2,1-2H3;2*2-3H2,1H3;3*4H,1H3;;/q;;2*-1;;;;+2;+3/p-3. The van der Waals surface area contributed by atoms with Gasteiger partial charge in [-0.2, -0.15) is 0 Å². The number of rotatable bonds is 16. The van der Waals surface area contributed by atoms with Crippen LogP contribution in [0.3, 0.4) is 0 Å². The molecule has 11 nitrogen and oxygen atoms in total. The Kier molecular flexibility index (Phi) is 33.8. The lowest BCUT2D eigenvalue weighted by molar-refractivity contribution is -0.145. The Balaban J connectivity index is -0.000000546. The molecule has 0 aromatic heterocycles. The molecule has 0 bridgehead atoms. The van der Waals surface area contributed by atoms with Crippen LogP contribution >= 0.6 is 0 Å². The van der Waals surface area contributed by atoms with Crippen LogP contribution in [0.1, 0.15) is 81.6 Å². The van der Waals surface area contributed by atoms with Crippen molar-refractivity contribution in [2.24, 2.45) is 0 Å². The summed E-state index contributed by atoms with van der Waals surface area (Å²) in [5.41, 5.74) is 0. The number of hydrogen-bond donors (Lipinski definition) is 0. The number of hydrogen-bond acceptors (Lipinski definition) is 10. The van der Waals surface area contributed by atoms with Crippen molar-refractivity contribution in [3.63, 3.8) is 0 Å². The van der Waals surface area contributed by atoms with E-state index >= 15 is 0 Å². The van der Waals surface area contributed by atoms with Crippen molar-refractivity contribution in [3.8, 4) is 36.1 Å². The van der Waals surface area contributed by atoms with Gasteiger partial charge in [-0.25, -0.2) is 0 Å². The Morgan fingerprint density at radius 1 is 0.825 bits per heavy atom. The normalized spacial score (nSPS) is 9.10. The molecule has 1 N–H and O–H groups in total. The van der Waals surface area contributed by atoms with E-state index in [0.29, 0.717) is 32.2 Å². The minimum Gasteiger partial charge on any atom is -0.756 e. The molecule has 1 radical (unpaired) electrons. The first-order chi connectivity index (χ1) is 19.1. The van der Waals surface area contributed by atoms with Crippen LogP contribution in [0.5, 0.6) is 0 Å². The highest BCUT2D eigenvalue weighted by Crippen LogP contribution is 2.02. The molecule has 0 aliphatic rings. The fraction of sp³-hybridized carbons (Fsp3) is 0.593. The van der Waals surface area contributed by atoms with Crippen molar-refractivity contribution in [1.82, 2.24) is 0 Å². The number of ketones is 1. The second-order valence-electron chi connectivity index (χ2n) is 7.06. The van der Waals surface area contributed by atoms with Gasteiger partial charge in [-0.3, -0.25) is 9.59 Å². The summed E-state index contributed by atoms with van der Waals surface area (Å²) in [4.78, 5) is 29.9. The summed E-state index contributed by atoms with van der Waals surface area (Å²) in [5.74, 6) is 7.35. The molecule has 0 saturated carbocycles. The van der Waals surface area contributed by atoms with E-state index in [0.717, 1.165) is 12.8 Å². The van der Waals surface area contributed by atoms with E-state index in [1.807, 2.05) is 0 Å². The number of Topliss-reactive ketones (excluding diaryl/α,β-unsaturated/α-hetero) is 1. The topological polar surface area (TPSA) is 129 Å². The molecular weight excluding hydrogens is 554 g/mol. The highest BCUT2D eigenvalue weighted by Gasteiger charge is 2.33. The zero-order valence-electron chi connectivity index (χ0n) is 25.2. The maximum Gasteiger partial charge on any atom is 1.01 e. The smallest absolute Gasteiger partial charge is 0.756 e. The van der Waals surface area contributed by atoms with Gasteiger partial charge < -0.3 is 37.0 Å². The minimum absolute atomic E-state index is 0.103. The average molecular weight is 598 g/mol. The first-order valence-corrected chi connectivity index (χ1v) is 15.6. The monoisotopic (exact) mass is 597 g/mol. The Bertz CT molecular complexity index is 873. The highest BCUT2D eigenvalue weighted by molar-refractivity contribution is 6.37. The summed E-state index contributed by atoms with van der Waals surface area (Å²) in [7, 11) is 0. The van der Waals surface area contributed by atoms with E-state index in [9.17, 15) is 14.4 Å². The van der Waals surface area contributed by atoms with Crippen LogP contribution in [-0.2, 0) is 41.8 Å². The quantitative estimate of drug-likeness (QED) is 0.0493. The van der Waals surface area contributed by atoms with Gasteiger partial charge in [0.1, 0.15) is 18.3 Å². The van der Waals surface area contributed by atoms with Gasteiger partial charge in [0.25, 0.3) is 0 Å². The van der Waals surface area contributed by atoms with E-state index in [1.165, 1.54) is 13.0 Å². The summed E-state index contributed by atoms with van der Waals surface area (Å²) in [5, 5.41) is 0. The predicted octanol–water partition coefficient (Wildman–Crippen LogP) is 3.78. The van der Waals surface area contributed by atoms with Crippen LogP contribution in [0, 0.1) is 36.1 Å². The Labute approximate surface area is 249 Å². The molecule has 0 heterocycles. The molecule has 0 rings (SSSR count). The first-order valence-electron chi connectivity index (χ1n) is 12.8. The molecule has 0 atom stereocenters. The summed E-state index contributed by atoms with van der Waals surface area (Å²) in [6.45, 7) is 17.6. The van der Waals surface area contributed by atoms with Crippen molar-refractivity contribution in [2.45, 2.75) is 81.6 Å². The van der Waals surface area contributed by atoms with Crippen molar-refractivity contribution < 1.29 is 46.6 Å². The lowest BCUT2D eigenvalue weighted by atomic mass is 10.3. The summed E-state index contributed by atoms with van der Waals surface area (Å²) < 4.78 is 40.7. The molecule has 223 valence electrons. The van der Waals surface area contributed by atoms with Crippen LogP contribution in [0.25, 0.3) is 0 Å². The molecule has 13 heteroatoms. The molecule has 0 aromatic carbocycles. The fourth-order valence-corrected chi connectivity index (χ4v) is 4.15. The van der Waals surface area contributed by atoms with Crippen molar-refractivity contribution in [3.05, 3.63) is 11.8 Å². The molecule has 0 saturated heterocycles. The number of esters is 2. The third kappa shape index (κ3) is 33.2. The largest absolute Gasteiger partial charge is 1.01 e.